The molecule has 2 atom stereocenters. The van der Waals surface area contributed by atoms with E-state index >= 15 is 0 Å². The standard InChI is InChI=1S/C18H23N5O9/c1-3-4-22-13-14(23(17(22)27)8-30-11(6-25)10(26)5-24)20-16(19)21-15(13)29-7-12-9(2)31-18(28)32-12/h3,10-11,24-26H,1,4-8H2,2H3,(H2,19,20,21)/t10-,11+/m0/s1. The predicted molar refractivity (Wildman–Crippen MR) is 108 cm³/mol. The molecule has 0 saturated carbocycles. The average molecular weight is 453 g/mol. The van der Waals surface area contributed by atoms with Crippen molar-refractivity contribution < 1.29 is 33.6 Å². The molecule has 3 rings (SSSR count). The maximum atomic E-state index is 13.0. The first kappa shape index (κ1) is 23.2. The highest BCUT2D eigenvalue weighted by Crippen LogP contribution is 2.24. The van der Waals surface area contributed by atoms with Gasteiger partial charge in [0.05, 0.1) is 13.2 Å². The van der Waals surface area contributed by atoms with Crippen LogP contribution in [0.3, 0.4) is 0 Å². The third-order valence-corrected chi connectivity index (χ3v) is 4.54. The van der Waals surface area contributed by atoms with Gasteiger partial charge in [-0.3, -0.25) is 9.13 Å². The van der Waals surface area contributed by atoms with Crippen LogP contribution in [0.4, 0.5) is 5.95 Å². The van der Waals surface area contributed by atoms with E-state index in [2.05, 4.69) is 16.5 Å². The van der Waals surface area contributed by atoms with Gasteiger partial charge in [-0.1, -0.05) is 6.08 Å². The first-order valence-electron chi connectivity index (χ1n) is 9.41. The predicted octanol–water partition coefficient (Wildman–Crippen LogP) is -1.52. The second-order valence-corrected chi connectivity index (χ2v) is 6.66. The van der Waals surface area contributed by atoms with Crippen LogP contribution in [0.5, 0.6) is 5.88 Å². The molecule has 0 aliphatic rings. The fourth-order valence-corrected chi connectivity index (χ4v) is 2.92. The highest BCUT2D eigenvalue weighted by molar-refractivity contribution is 5.78. The number of hydrogen-bond acceptors (Lipinski definition) is 12. The SMILES string of the molecule is C=CCn1c(=O)n(CO[C@H](CO)[C@@H](O)CO)c2nc(N)nc(OCc3oc(=O)oc3C)c21. The Morgan fingerprint density at radius 1 is 1.22 bits per heavy atom. The number of aliphatic hydroxyl groups excluding tert-OH is 3. The second kappa shape index (κ2) is 9.78. The number of imidazole rings is 1. The van der Waals surface area contributed by atoms with E-state index in [4.69, 9.17) is 29.1 Å². The highest BCUT2D eigenvalue weighted by Gasteiger charge is 2.24. The van der Waals surface area contributed by atoms with E-state index in [0.717, 1.165) is 4.57 Å². The second-order valence-electron chi connectivity index (χ2n) is 6.66. The average Bonchev–Trinajstić information content (AvgIpc) is 3.22. The van der Waals surface area contributed by atoms with Gasteiger partial charge in [0.25, 0.3) is 0 Å². The maximum absolute atomic E-state index is 13.0. The lowest BCUT2D eigenvalue weighted by molar-refractivity contribution is -0.100. The number of fused-ring (bicyclic) bond motifs is 1. The highest BCUT2D eigenvalue weighted by atomic mass is 16.6. The molecule has 14 nitrogen and oxygen atoms in total. The Labute approximate surface area is 179 Å². The van der Waals surface area contributed by atoms with E-state index in [-0.39, 0.29) is 47.7 Å². The van der Waals surface area contributed by atoms with Crippen molar-refractivity contribution in [3.63, 3.8) is 0 Å². The lowest BCUT2D eigenvalue weighted by atomic mass is 10.2. The van der Waals surface area contributed by atoms with Crippen molar-refractivity contribution in [2.75, 3.05) is 18.9 Å². The van der Waals surface area contributed by atoms with E-state index in [1.807, 2.05) is 0 Å². The molecule has 0 fully saturated rings. The number of allylic oxidation sites excluding steroid dienone is 1. The van der Waals surface area contributed by atoms with Crippen LogP contribution >= 0.6 is 0 Å². The number of aryl methyl sites for hydroxylation is 1. The quantitative estimate of drug-likeness (QED) is 0.245. The van der Waals surface area contributed by atoms with E-state index in [0.29, 0.717) is 0 Å². The van der Waals surface area contributed by atoms with Gasteiger partial charge in [0.2, 0.25) is 11.8 Å². The number of nitrogens with zero attached hydrogens (tertiary/aromatic N) is 4. The largest absolute Gasteiger partial charge is 0.519 e. The number of anilines is 1. The summed E-state index contributed by atoms with van der Waals surface area (Å²) in [5.41, 5.74) is 5.43. The monoisotopic (exact) mass is 453 g/mol. The maximum Gasteiger partial charge on any atom is 0.519 e. The Balaban J connectivity index is 2.03. The van der Waals surface area contributed by atoms with Crippen LogP contribution in [0.15, 0.2) is 31.1 Å². The molecule has 3 heterocycles. The lowest BCUT2D eigenvalue weighted by Crippen LogP contribution is -2.37. The summed E-state index contributed by atoms with van der Waals surface area (Å²) < 4.78 is 23.1. The van der Waals surface area contributed by atoms with E-state index in [1.54, 1.807) is 0 Å². The molecule has 5 N–H and O–H groups in total. The molecule has 3 aromatic rings. The van der Waals surface area contributed by atoms with Gasteiger partial charge in [0, 0.05) is 6.54 Å². The number of aromatic nitrogens is 4. The van der Waals surface area contributed by atoms with Gasteiger partial charge < -0.3 is 39.4 Å². The Hall–Kier alpha value is -3.46. The number of rotatable bonds is 11. The van der Waals surface area contributed by atoms with Gasteiger partial charge in [-0.2, -0.15) is 9.97 Å². The summed E-state index contributed by atoms with van der Waals surface area (Å²) in [6.45, 7) is 3.32. The van der Waals surface area contributed by atoms with Crippen molar-refractivity contribution in [2.45, 2.75) is 39.0 Å². The minimum Gasteiger partial charge on any atom is -0.468 e. The first-order chi connectivity index (χ1) is 15.3. The van der Waals surface area contributed by atoms with E-state index in [1.165, 1.54) is 17.6 Å². The molecule has 3 aromatic heterocycles. The van der Waals surface area contributed by atoms with Crippen LogP contribution in [0.2, 0.25) is 0 Å². The Morgan fingerprint density at radius 3 is 2.56 bits per heavy atom. The fraction of sp³-hybridized carbons (Fsp3) is 0.444. The number of aliphatic hydroxyl groups is 3. The molecule has 0 unspecified atom stereocenters. The van der Waals surface area contributed by atoms with Crippen LogP contribution in [0.1, 0.15) is 11.5 Å². The van der Waals surface area contributed by atoms with Gasteiger partial charge >= 0.3 is 11.5 Å². The van der Waals surface area contributed by atoms with Crippen LogP contribution in [0, 0.1) is 6.92 Å². The molecular weight excluding hydrogens is 430 g/mol. The molecule has 0 amide bonds. The molecule has 174 valence electrons. The summed E-state index contributed by atoms with van der Waals surface area (Å²) in [6, 6.07) is 0. The molecule has 0 aliphatic heterocycles. The van der Waals surface area contributed by atoms with Crippen molar-refractivity contribution in [1.29, 1.82) is 0 Å². The number of ether oxygens (including phenoxy) is 2. The van der Waals surface area contributed by atoms with E-state index < -0.39 is 43.7 Å². The fourth-order valence-electron chi connectivity index (χ4n) is 2.92. The third-order valence-electron chi connectivity index (χ3n) is 4.54. The Kier molecular flexibility index (Phi) is 7.09. The number of hydrogen-bond donors (Lipinski definition) is 4. The van der Waals surface area contributed by atoms with E-state index in [9.17, 15) is 19.8 Å². The molecule has 0 aliphatic carbocycles. The lowest BCUT2D eigenvalue weighted by Gasteiger charge is -2.19. The van der Waals surface area contributed by atoms with Crippen molar-refractivity contribution in [1.82, 2.24) is 19.1 Å². The molecule has 32 heavy (non-hydrogen) atoms. The summed E-state index contributed by atoms with van der Waals surface area (Å²) in [5.74, 6) is -0.812. The molecule has 14 heteroatoms. The Morgan fingerprint density at radius 2 is 1.97 bits per heavy atom. The smallest absolute Gasteiger partial charge is 0.468 e. The molecule has 0 saturated heterocycles. The number of nitrogens with two attached hydrogens (primary N) is 1. The molecule has 0 bridgehead atoms. The Bertz CT molecular complexity index is 1210. The van der Waals surface area contributed by atoms with Gasteiger partial charge in [-0.25, -0.2) is 9.59 Å². The first-order valence-corrected chi connectivity index (χ1v) is 9.41. The minimum absolute atomic E-state index is 0.0555. The minimum atomic E-state index is -1.36. The van der Waals surface area contributed by atoms with Crippen molar-refractivity contribution in [2.24, 2.45) is 0 Å². The van der Waals surface area contributed by atoms with Crippen molar-refractivity contribution in [3.8, 4) is 5.88 Å². The summed E-state index contributed by atoms with van der Waals surface area (Å²) in [6.07, 6.45) is -1.03. The van der Waals surface area contributed by atoms with Gasteiger partial charge in [-0.15, -0.1) is 6.58 Å². The molecule has 0 radical (unpaired) electrons. The zero-order valence-electron chi connectivity index (χ0n) is 17.1. The van der Waals surface area contributed by atoms with Crippen molar-refractivity contribution in [3.05, 3.63) is 45.3 Å². The normalized spacial score (nSPS) is 13.4. The van der Waals surface area contributed by atoms with Crippen LogP contribution in [0.25, 0.3) is 11.2 Å². The number of nitrogen functional groups attached to an aromatic ring is 1. The topological polar surface area (TPSA) is 201 Å². The van der Waals surface area contributed by atoms with Gasteiger partial charge in [0.15, 0.2) is 29.3 Å². The third kappa shape index (κ3) is 4.57. The van der Waals surface area contributed by atoms with Crippen LogP contribution in [-0.4, -0.2) is 59.8 Å². The molecular formula is C18H23N5O9. The zero-order valence-corrected chi connectivity index (χ0v) is 17.1. The molecule has 0 spiro atoms. The summed E-state index contributed by atoms with van der Waals surface area (Å²) >= 11 is 0. The zero-order chi connectivity index (χ0) is 23.4. The van der Waals surface area contributed by atoms with Crippen LogP contribution < -0.4 is 22.0 Å². The van der Waals surface area contributed by atoms with Crippen molar-refractivity contribution >= 4 is 17.1 Å². The van der Waals surface area contributed by atoms with Gasteiger partial charge in [-0.05, 0) is 6.92 Å². The summed E-state index contributed by atoms with van der Waals surface area (Å²) in [4.78, 5) is 32.4. The summed E-state index contributed by atoms with van der Waals surface area (Å²) in [5, 5.41) is 28.1. The summed E-state index contributed by atoms with van der Waals surface area (Å²) in [7, 11) is 0. The van der Waals surface area contributed by atoms with Crippen LogP contribution in [-0.2, 0) is 24.6 Å². The molecule has 0 aromatic carbocycles. The van der Waals surface area contributed by atoms with Gasteiger partial charge in [0.1, 0.15) is 18.9 Å².